The summed E-state index contributed by atoms with van der Waals surface area (Å²) in [6.07, 6.45) is 1.19. The molecule has 0 aliphatic carbocycles. The van der Waals surface area contributed by atoms with E-state index in [1.54, 1.807) is 14.2 Å². The van der Waals surface area contributed by atoms with E-state index in [4.69, 9.17) is 18.9 Å². The Bertz CT molecular complexity index is 1140. The average Bonchev–Trinajstić information content (AvgIpc) is 3.02. The molecule has 0 bridgehead atoms. The molecule has 1 heterocycles. The van der Waals surface area contributed by atoms with Gasteiger partial charge in [-0.1, -0.05) is 121 Å². The maximum Gasteiger partial charge on any atom is 0.220 e. The number of benzene rings is 4. The van der Waals surface area contributed by atoms with Crippen molar-refractivity contribution in [2.45, 2.75) is 37.6 Å². The molecule has 4 aromatic carbocycles. The molecule has 208 valence electrons. The van der Waals surface area contributed by atoms with Crippen LogP contribution in [0.25, 0.3) is 0 Å². The van der Waals surface area contributed by atoms with Crippen LogP contribution in [-0.4, -0.2) is 50.3 Å². The van der Waals surface area contributed by atoms with Gasteiger partial charge in [-0.15, -0.1) is 0 Å². The summed E-state index contributed by atoms with van der Waals surface area (Å²) in [4.78, 5) is 0. The van der Waals surface area contributed by atoms with Gasteiger partial charge in [-0.3, -0.25) is 0 Å². The summed E-state index contributed by atoms with van der Waals surface area (Å²) in [7, 11) is 1.91. The monoisotopic (exact) mass is 572 g/mol. The molecule has 0 radical (unpaired) electrons. The van der Waals surface area contributed by atoms with Gasteiger partial charge in [0.2, 0.25) is 11.6 Å². The van der Waals surface area contributed by atoms with Crippen molar-refractivity contribution in [3.05, 3.63) is 121 Å². The lowest BCUT2D eigenvalue weighted by Gasteiger charge is -2.53. The standard InChI is InChI=1S/C34H38O4P2/c1-33(35-3)34(2,36-4)38-32(26-40(29-21-13-7-14-22-29)30-23-15-8-16-24-30)31(37-33)25-39(27-17-9-5-10-18-27)28-19-11-6-12-20-28/h5-24,31-32H,25-26H2,1-4H3/t31-,32-,33+,34?/m0/s1. The lowest BCUT2D eigenvalue weighted by molar-refractivity contribution is -0.442. The molecule has 4 atom stereocenters. The molecular formula is C34H38O4P2. The maximum absolute atomic E-state index is 6.94. The van der Waals surface area contributed by atoms with E-state index >= 15 is 0 Å². The molecule has 40 heavy (non-hydrogen) atoms. The molecule has 0 aromatic heterocycles. The second-order valence-corrected chi connectivity index (χ2v) is 14.7. The summed E-state index contributed by atoms with van der Waals surface area (Å²) in [5.41, 5.74) is 0. The predicted molar refractivity (Wildman–Crippen MR) is 168 cm³/mol. The van der Waals surface area contributed by atoms with E-state index < -0.39 is 27.4 Å². The molecule has 0 N–H and O–H groups in total. The van der Waals surface area contributed by atoms with Gasteiger partial charge in [0.25, 0.3) is 0 Å². The van der Waals surface area contributed by atoms with Crippen molar-refractivity contribution in [3.63, 3.8) is 0 Å². The Labute approximate surface area is 241 Å². The molecule has 0 saturated carbocycles. The summed E-state index contributed by atoms with van der Waals surface area (Å²) < 4.78 is 25.8. The van der Waals surface area contributed by atoms with Crippen molar-refractivity contribution in [1.82, 2.24) is 0 Å². The minimum absolute atomic E-state index is 0.211. The molecule has 1 saturated heterocycles. The fourth-order valence-electron chi connectivity index (χ4n) is 5.23. The van der Waals surface area contributed by atoms with Crippen LogP contribution in [0.15, 0.2) is 121 Å². The largest absolute Gasteiger partial charge is 0.349 e. The van der Waals surface area contributed by atoms with Gasteiger partial charge in [0.05, 0.1) is 12.2 Å². The van der Waals surface area contributed by atoms with Crippen molar-refractivity contribution in [3.8, 4) is 0 Å². The normalized spacial score (nSPS) is 24.9. The SMILES string of the molecule is COC1(C)O[C@@H](CP(c2ccccc2)c2ccccc2)[C@H](CP(c2ccccc2)c2ccccc2)O[C@@]1(C)OC. The zero-order valence-corrected chi connectivity index (χ0v) is 25.4. The lowest BCUT2D eigenvalue weighted by atomic mass is 10.0. The van der Waals surface area contributed by atoms with Crippen LogP contribution in [0.3, 0.4) is 0 Å². The van der Waals surface area contributed by atoms with Gasteiger partial charge in [-0.2, -0.15) is 0 Å². The van der Waals surface area contributed by atoms with Crippen LogP contribution in [0.5, 0.6) is 0 Å². The minimum atomic E-state index is -1.07. The Morgan fingerprint density at radius 3 is 0.975 bits per heavy atom. The van der Waals surface area contributed by atoms with Crippen LogP contribution in [-0.2, 0) is 18.9 Å². The molecule has 0 amide bonds. The zero-order chi connectivity index (χ0) is 28.0. The zero-order valence-electron chi connectivity index (χ0n) is 23.6. The molecule has 4 aromatic rings. The number of hydrogen-bond acceptors (Lipinski definition) is 4. The van der Waals surface area contributed by atoms with Crippen LogP contribution in [0.2, 0.25) is 0 Å². The highest BCUT2D eigenvalue weighted by atomic mass is 31.1. The van der Waals surface area contributed by atoms with Crippen molar-refractivity contribution >= 4 is 37.1 Å². The van der Waals surface area contributed by atoms with Gasteiger partial charge >= 0.3 is 0 Å². The predicted octanol–water partition coefficient (Wildman–Crippen LogP) is 5.76. The highest BCUT2D eigenvalue weighted by molar-refractivity contribution is 7.73. The van der Waals surface area contributed by atoms with E-state index in [0.29, 0.717) is 0 Å². The van der Waals surface area contributed by atoms with Crippen LogP contribution < -0.4 is 21.2 Å². The third-order valence-electron chi connectivity index (χ3n) is 7.77. The van der Waals surface area contributed by atoms with E-state index in [9.17, 15) is 0 Å². The molecule has 1 fully saturated rings. The third kappa shape index (κ3) is 6.24. The van der Waals surface area contributed by atoms with Crippen molar-refractivity contribution in [1.29, 1.82) is 0 Å². The molecule has 1 aliphatic heterocycles. The fourth-order valence-corrected chi connectivity index (χ4v) is 10.1. The minimum Gasteiger partial charge on any atom is -0.349 e. The van der Waals surface area contributed by atoms with Crippen molar-refractivity contribution in [2.75, 3.05) is 26.5 Å². The quantitative estimate of drug-likeness (QED) is 0.227. The first kappa shape index (κ1) is 29.1. The van der Waals surface area contributed by atoms with Gasteiger partial charge in [-0.25, -0.2) is 0 Å². The number of ether oxygens (including phenoxy) is 4. The smallest absolute Gasteiger partial charge is 0.220 e. The number of rotatable bonds is 10. The molecule has 1 unspecified atom stereocenters. The van der Waals surface area contributed by atoms with Gasteiger partial charge in [0.15, 0.2) is 0 Å². The number of methoxy groups -OCH3 is 2. The molecule has 0 spiro atoms. The summed E-state index contributed by atoms with van der Waals surface area (Å²) >= 11 is 0. The summed E-state index contributed by atoms with van der Waals surface area (Å²) in [6.45, 7) is 3.84. The molecule has 4 nitrogen and oxygen atoms in total. The van der Waals surface area contributed by atoms with Crippen molar-refractivity contribution in [2.24, 2.45) is 0 Å². The van der Waals surface area contributed by atoms with Gasteiger partial charge in [0.1, 0.15) is 0 Å². The first-order valence-electron chi connectivity index (χ1n) is 13.7. The lowest BCUT2D eigenvalue weighted by Crippen LogP contribution is -2.66. The molecule has 6 heteroatoms. The Morgan fingerprint density at radius 1 is 0.500 bits per heavy atom. The Balaban J connectivity index is 1.55. The first-order chi connectivity index (χ1) is 19.5. The topological polar surface area (TPSA) is 36.9 Å². The Kier molecular flexibility index (Phi) is 9.49. The molecule has 1 aliphatic rings. The van der Waals surface area contributed by atoms with E-state index in [1.807, 2.05) is 13.8 Å². The summed E-state index contributed by atoms with van der Waals surface area (Å²) in [5, 5.41) is 5.27. The average molecular weight is 573 g/mol. The van der Waals surface area contributed by atoms with Crippen LogP contribution in [0, 0.1) is 0 Å². The Hall–Kier alpha value is -2.42. The Morgan fingerprint density at radius 2 is 0.750 bits per heavy atom. The highest BCUT2D eigenvalue weighted by Crippen LogP contribution is 2.47. The maximum atomic E-state index is 6.94. The van der Waals surface area contributed by atoms with Crippen LogP contribution in [0.4, 0.5) is 0 Å². The van der Waals surface area contributed by atoms with E-state index in [1.165, 1.54) is 21.2 Å². The van der Waals surface area contributed by atoms with E-state index in [2.05, 4.69) is 121 Å². The molecular weight excluding hydrogens is 534 g/mol. The first-order valence-corrected chi connectivity index (χ1v) is 16.7. The summed E-state index contributed by atoms with van der Waals surface area (Å²) in [6, 6.07) is 43.1. The molecule has 5 rings (SSSR count). The van der Waals surface area contributed by atoms with Gasteiger partial charge in [0, 0.05) is 26.5 Å². The highest BCUT2D eigenvalue weighted by Gasteiger charge is 2.57. The number of hydrogen-bond donors (Lipinski definition) is 0. The third-order valence-corrected chi connectivity index (χ3v) is 12.9. The second kappa shape index (κ2) is 13.0. The fraction of sp³-hybridized carbons (Fsp3) is 0.294. The van der Waals surface area contributed by atoms with E-state index in [-0.39, 0.29) is 12.2 Å². The van der Waals surface area contributed by atoms with Crippen LogP contribution >= 0.6 is 15.8 Å². The van der Waals surface area contributed by atoms with E-state index in [0.717, 1.165) is 12.3 Å². The van der Waals surface area contributed by atoms with Gasteiger partial charge < -0.3 is 18.9 Å². The van der Waals surface area contributed by atoms with Crippen molar-refractivity contribution < 1.29 is 18.9 Å². The summed E-state index contributed by atoms with van der Waals surface area (Å²) in [5.74, 6) is -2.14. The van der Waals surface area contributed by atoms with Gasteiger partial charge in [-0.05, 0) is 50.9 Å². The van der Waals surface area contributed by atoms with Crippen LogP contribution in [0.1, 0.15) is 13.8 Å². The second-order valence-electron chi connectivity index (χ2n) is 10.2.